The van der Waals surface area contributed by atoms with Crippen molar-refractivity contribution in [3.8, 4) is 11.8 Å². The van der Waals surface area contributed by atoms with Crippen molar-refractivity contribution < 1.29 is 0 Å². The SMILES string of the molecule is CC=CCC(C)C#CCC. The third-order valence-corrected chi connectivity index (χ3v) is 1.25. The summed E-state index contributed by atoms with van der Waals surface area (Å²) in [6.45, 7) is 6.28. The summed E-state index contributed by atoms with van der Waals surface area (Å²) in [6.07, 6.45) is 6.29. The van der Waals surface area contributed by atoms with Crippen LogP contribution >= 0.6 is 0 Å². The molecule has 0 aliphatic heterocycles. The minimum atomic E-state index is 0.524. The lowest BCUT2D eigenvalue weighted by Crippen LogP contribution is -1.85. The summed E-state index contributed by atoms with van der Waals surface area (Å²) in [5.41, 5.74) is 0. The fourth-order valence-corrected chi connectivity index (χ4v) is 0.675. The second-order valence-corrected chi connectivity index (χ2v) is 2.38. The molecule has 1 unspecified atom stereocenters. The van der Waals surface area contributed by atoms with Crippen LogP contribution in [0, 0.1) is 17.8 Å². The highest BCUT2D eigenvalue weighted by molar-refractivity contribution is 5.03. The van der Waals surface area contributed by atoms with Crippen LogP contribution in [0.2, 0.25) is 0 Å². The lowest BCUT2D eigenvalue weighted by molar-refractivity contribution is 0.771. The number of hydrogen-bond donors (Lipinski definition) is 0. The molecule has 0 fully saturated rings. The molecule has 0 aliphatic rings. The van der Waals surface area contributed by atoms with Crippen molar-refractivity contribution in [1.82, 2.24) is 0 Å². The topological polar surface area (TPSA) is 0 Å². The summed E-state index contributed by atoms with van der Waals surface area (Å²) in [5, 5.41) is 0. The van der Waals surface area contributed by atoms with Gasteiger partial charge in [0.1, 0.15) is 0 Å². The molecule has 0 N–H and O–H groups in total. The van der Waals surface area contributed by atoms with Crippen LogP contribution < -0.4 is 0 Å². The quantitative estimate of drug-likeness (QED) is 0.404. The Morgan fingerprint density at radius 3 is 2.70 bits per heavy atom. The van der Waals surface area contributed by atoms with Crippen molar-refractivity contribution in [1.29, 1.82) is 0 Å². The van der Waals surface area contributed by atoms with Gasteiger partial charge in [-0.05, 0) is 13.3 Å². The zero-order valence-corrected chi connectivity index (χ0v) is 7.15. The predicted octanol–water partition coefficient (Wildman–Crippen LogP) is 3.00. The van der Waals surface area contributed by atoms with Crippen LogP contribution in [0.25, 0.3) is 0 Å². The maximum Gasteiger partial charge on any atom is 0.0209 e. The molecule has 0 heteroatoms. The van der Waals surface area contributed by atoms with Crippen LogP contribution in [-0.2, 0) is 0 Å². The van der Waals surface area contributed by atoms with Crippen LogP contribution in [-0.4, -0.2) is 0 Å². The summed E-state index contributed by atoms with van der Waals surface area (Å²) in [7, 11) is 0. The minimum Gasteiger partial charge on any atom is -0.103 e. The number of hydrogen-bond acceptors (Lipinski definition) is 0. The van der Waals surface area contributed by atoms with E-state index in [4.69, 9.17) is 0 Å². The standard InChI is InChI=1S/C10H16/c1-4-6-8-10(3)9-7-5-2/h4,6,10H,5,8H2,1-3H3. The Labute approximate surface area is 64.3 Å². The molecule has 10 heavy (non-hydrogen) atoms. The summed E-state index contributed by atoms with van der Waals surface area (Å²) in [5.74, 6) is 6.76. The van der Waals surface area contributed by atoms with Crippen LogP contribution in [0.4, 0.5) is 0 Å². The van der Waals surface area contributed by atoms with Gasteiger partial charge in [-0.3, -0.25) is 0 Å². The van der Waals surface area contributed by atoms with Crippen molar-refractivity contribution in [2.75, 3.05) is 0 Å². The average Bonchev–Trinajstić information content (AvgIpc) is 1.97. The summed E-state index contributed by atoms with van der Waals surface area (Å²) >= 11 is 0. The van der Waals surface area contributed by atoms with E-state index >= 15 is 0 Å². The Morgan fingerprint density at radius 2 is 2.20 bits per heavy atom. The Bertz CT molecular complexity index is 143. The first-order valence-corrected chi connectivity index (χ1v) is 3.90. The Balaban J connectivity index is 3.52. The van der Waals surface area contributed by atoms with E-state index in [-0.39, 0.29) is 0 Å². The monoisotopic (exact) mass is 136 g/mol. The van der Waals surface area contributed by atoms with E-state index in [0.29, 0.717) is 5.92 Å². The fraction of sp³-hybridized carbons (Fsp3) is 0.600. The van der Waals surface area contributed by atoms with Gasteiger partial charge in [0.05, 0.1) is 0 Å². The largest absolute Gasteiger partial charge is 0.103 e. The Hall–Kier alpha value is -0.700. The van der Waals surface area contributed by atoms with Crippen LogP contribution in [0.1, 0.15) is 33.6 Å². The lowest BCUT2D eigenvalue weighted by Gasteiger charge is -1.95. The van der Waals surface area contributed by atoms with Crippen molar-refractivity contribution in [3.63, 3.8) is 0 Å². The molecule has 0 amide bonds. The second kappa shape index (κ2) is 6.42. The molecule has 0 radical (unpaired) electrons. The van der Waals surface area contributed by atoms with Gasteiger partial charge in [-0.2, -0.15) is 0 Å². The summed E-state index contributed by atoms with van der Waals surface area (Å²) in [6, 6.07) is 0. The van der Waals surface area contributed by atoms with Crippen LogP contribution in [0.3, 0.4) is 0 Å². The highest BCUT2D eigenvalue weighted by atomic mass is 13.9. The van der Waals surface area contributed by atoms with Gasteiger partial charge in [0.2, 0.25) is 0 Å². The average molecular weight is 136 g/mol. The minimum absolute atomic E-state index is 0.524. The zero-order chi connectivity index (χ0) is 7.82. The first kappa shape index (κ1) is 9.30. The van der Waals surface area contributed by atoms with E-state index in [2.05, 4.69) is 37.8 Å². The first-order chi connectivity index (χ1) is 4.81. The molecule has 0 saturated carbocycles. The highest BCUT2D eigenvalue weighted by Crippen LogP contribution is 1.99. The molecule has 0 aromatic carbocycles. The molecule has 0 spiro atoms. The van der Waals surface area contributed by atoms with E-state index in [1.165, 1.54) is 0 Å². The van der Waals surface area contributed by atoms with E-state index in [1.54, 1.807) is 0 Å². The lowest BCUT2D eigenvalue weighted by atomic mass is 10.1. The molecule has 1 atom stereocenters. The van der Waals surface area contributed by atoms with Crippen molar-refractivity contribution in [2.45, 2.75) is 33.6 Å². The fourth-order valence-electron chi connectivity index (χ4n) is 0.675. The van der Waals surface area contributed by atoms with E-state index in [9.17, 15) is 0 Å². The van der Waals surface area contributed by atoms with Crippen molar-refractivity contribution in [2.24, 2.45) is 5.92 Å². The van der Waals surface area contributed by atoms with E-state index in [0.717, 1.165) is 12.8 Å². The number of rotatable bonds is 2. The van der Waals surface area contributed by atoms with Gasteiger partial charge in [0.15, 0.2) is 0 Å². The van der Waals surface area contributed by atoms with Crippen molar-refractivity contribution >= 4 is 0 Å². The Kier molecular flexibility index (Phi) is 5.97. The van der Waals surface area contributed by atoms with Crippen molar-refractivity contribution in [3.05, 3.63) is 12.2 Å². The van der Waals surface area contributed by atoms with Gasteiger partial charge in [-0.25, -0.2) is 0 Å². The molecular weight excluding hydrogens is 120 g/mol. The van der Waals surface area contributed by atoms with Gasteiger partial charge in [0.25, 0.3) is 0 Å². The molecule has 56 valence electrons. The molecule has 0 aromatic rings. The van der Waals surface area contributed by atoms with Gasteiger partial charge in [-0.1, -0.05) is 31.9 Å². The predicted molar refractivity (Wildman–Crippen MR) is 46.7 cm³/mol. The molecule has 0 saturated heterocycles. The smallest absolute Gasteiger partial charge is 0.0209 e. The van der Waals surface area contributed by atoms with Gasteiger partial charge < -0.3 is 0 Å². The molecule has 0 bridgehead atoms. The molecular formula is C10H16. The Morgan fingerprint density at radius 1 is 1.50 bits per heavy atom. The van der Waals surface area contributed by atoms with Gasteiger partial charge >= 0.3 is 0 Å². The normalized spacial score (nSPS) is 12.7. The molecule has 0 nitrogen and oxygen atoms in total. The highest BCUT2D eigenvalue weighted by Gasteiger charge is 1.89. The third-order valence-electron chi connectivity index (χ3n) is 1.25. The molecule has 0 aromatic heterocycles. The van der Waals surface area contributed by atoms with Crippen LogP contribution in [0.5, 0.6) is 0 Å². The summed E-state index contributed by atoms with van der Waals surface area (Å²) < 4.78 is 0. The van der Waals surface area contributed by atoms with Crippen LogP contribution in [0.15, 0.2) is 12.2 Å². The molecule has 0 aliphatic carbocycles. The third kappa shape index (κ3) is 5.44. The van der Waals surface area contributed by atoms with Gasteiger partial charge in [-0.15, -0.1) is 5.92 Å². The summed E-state index contributed by atoms with van der Waals surface area (Å²) in [4.78, 5) is 0. The molecule has 0 rings (SSSR count). The number of allylic oxidation sites excluding steroid dienone is 2. The van der Waals surface area contributed by atoms with Gasteiger partial charge in [0, 0.05) is 12.3 Å². The zero-order valence-electron chi connectivity index (χ0n) is 7.15. The van der Waals surface area contributed by atoms with E-state index < -0.39 is 0 Å². The van der Waals surface area contributed by atoms with E-state index in [1.807, 2.05) is 6.92 Å². The first-order valence-electron chi connectivity index (χ1n) is 3.90. The second-order valence-electron chi connectivity index (χ2n) is 2.38. The molecule has 0 heterocycles. The maximum atomic E-state index is 3.17. The maximum absolute atomic E-state index is 3.17.